The third kappa shape index (κ3) is 3.24. The molecule has 1 aliphatic heterocycles. The molecule has 1 saturated heterocycles. The van der Waals surface area contributed by atoms with Gasteiger partial charge in [-0.1, -0.05) is 20.3 Å². The summed E-state index contributed by atoms with van der Waals surface area (Å²) in [6.45, 7) is 9.05. The second-order valence-electron chi connectivity index (χ2n) is 6.88. The van der Waals surface area contributed by atoms with E-state index in [4.69, 9.17) is 13.8 Å². The normalized spacial score (nSPS) is 29.3. The van der Waals surface area contributed by atoms with Crippen molar-refractivity contribution in [3.05, 3.63) is 0 Å². The molecule has 1 saturated carbocycles. The van der Waals surface area contributed by atoms with E-state index < -0.39 is 12.9 Å². The third-order valence-electron chi connectivity index (χ3n) is 3.84. The minimum Gasteiger partial charge on any atom is -0.360 e. The van der Waals surface area contributed by atoms with Gasteiger partial charge in [-0.3, -0.25) is 4.57 Å². The van der Waals surface area contributed by atoms with Gasteiger partial charge in [0.2, 0.25) is 0 Å². The SMILES string of the molecule is CC(C)OC1(P2(=O)OCC(C)(C)CO2)CCCCC1. The van der Waals surface area contributed by atoms with Crippen molar-refractivity contribution in [2.45, 2.75) is 71.2 Å². The molecule has 0 atom stereocenters. The zero-order valence-corrected chi connectivity index (χ0v) is 13.5. The molecule has 2 fully saturated rings. The highest BCUT2D eigenvalue weighted by Gasteiger charge is 2.55. The van der Waals surface area contributed by atoms with E-state index >= 15 is 0 Å². The predicted molar refractivity (Wildman–Crippen MR) is 75.3 cm³/mol. The third-order valence-corrected chi connectivity index (χ3v) is 6.33. The summed E-state index contributed by atoms with van der Waals surface area (Å²) >= 11 is 0. The van der Waals surface area contributed by atoms with Gasteiger partial charge in [0.05, 0.1) is 19.3 Å². The van der Waals surface area contributed by atoms with Gasteiger partial charge in [0.25, 0.3) is 0 Å². The first-order valence-corrected chi connectivity index (χ1v) is 8.90. The molecular weight excluding hydrogens is 263 g/mol. The van der Waals surface area contributed by atoms with Crippen molar-refractivity contribution in [2.24, 2.45) is 5.41 Å². The molecule has 0 N–H and O–H groups in total. The second kappa shape index (κ2) is 5.48. The average Bonchev–Trinajstić information content (AvgIpc) is 2.33. The van der Waals surface area contributed by atoms with Gasteiger partial charge in [0.1, 0.15) is 0 Å². The lowest BCUT2D eigenvalue weighted by molar-refractivity contribution is -0.0805. The molecule has 0 aromatic carbocycles. The molecule has 5 heteroatoms. The summed E-state index contributed by atoms with van der Waals surface area (Å²) in [5.74, 6) is 0. The molecule has 4 nitrogen and oxygen atoms in total. The van der Waals surface area contributed by atoms with Crippen LogP contribution < -0.4 is 0 Å². The van der Waals surface area contributed by atoms with Crippen LogP contribution in [0, 0.1) is 5.41 Å². The van der Waals surface area contributed by atoms with Crippen LogP contribution in [0.1, 0.15) is 59.8 Å². The Hall–Kier alpha value is 0.110. The lowest BCUT2D eigenvalue weighted by Crippen LogP contribution is -2.42. The molecule has 0 aromatic heterocycles. The predicted octanol–water partition coefficient (Wildman–Crippen LogP) is 4.34. The zero-order valence-electron chi connectivity index (χ0n) is 12.6. The smallest absolute Gasteiger partial charge is 0.360 e. The molecule has 1 heterocycles. The van der Waals surface area contributed by atoms with Gasteiger partial charge in [0.15, 0.2) is 5.34 Å². The first-order valence-electron chi connectivity index (χ1n) is 7.36. The Labute approximate surface area is 116 Å². The summed E-state index contributed by atoms with van der Waals surface area (Å²) in [6, 6.07) is 0. The molecule has 1 aliphatic carbocycles. The van der Waals surface area contributed by atoms with Crippen molar-refractivity contribution in [3.63, 3.8) is 0 Å². The highest BCUT2D eigenvalue weighted by molar-refractivity contribution is 7.55. The topological polar surface area (TPSA) is 44.8 Å². The summed E-state index contributed by atoms with van der Waals surface area (Å²) in [6.07, 6.45) is 4.84. The van der Waals surface area contributed by atoms with Crippen LogP contribution in [0.4, 0.5) is 0 Å². The molecule has 0 radical (unpaired) electrons. The minimum absolute atomic E-state index is 0.0334. The van der Waals surface area contributed by atoms with Gasteiger partial charge in [-0.2, -0.15) is 0 Å². The lowest BCUT2D eigenvalue weighted by atomic mass is 9.96. The monoisotopic (exact) mass is 290 g/mol. The molecular formula is C14H27O4P. The molecule has 2 aliphatic rings. The van der Waals surface area contributed by atoms with Crippen molar-refractivity contribution in [2.75, 3.05) is 13.2 Å². The maximum absolute atomic E-state index is 13.2. The van der Waals surface area contributed by atoms with E-state index in [1.54, 1.807) is 0 Å². The highest BCUT2D eigenvalue weighted by atomic mass is 31.2. The van der Waals surface area contributed by atoms with Crippen LogP contribution in [0.25, 0.3) is 0 Å². The number of rotatable bonds is 3. The lowest BCUT2D eigenvalue weighted by Gasteiger charge is -2.46. The summed E-state index contributed by atoms with van der Waals surface area (Å²) < 4.78 is 30.7. The summed E-state index contributed by atoms with van der Waals surface area (Å²) in [5.41, 5.74) is -0.0679. The fraction of sp³-hybridized carbons (Fsp3) is 1.00. The van der Waals surface area contributed by atoms with Crippen LogP contribution >= 0.6 is 7.60 Å². The van der Waals surface area contributed by atoms with Gasteiger partial charge in [0, 0.05) is 5.41 Å². The van der Waals surface area contributed by atoms with Crippen molar-refractivity contribution >= 4 is 7.60 Å². The molecule has 0 amide bonds. The van der Waals surface area contributed by atoms with Crippen molar-refractivity contribution < 1.29 is 18.3 Å². The first-order chi connectivity index (χ1) is 8.79. The number of ether oxygens (including phenoxy) is 1. The van der Waals surface area contributed by atoms with Crippen molar-refractivity contribution in [1.29, 1.82) is 0 Å². The Morgan fingerprint density at radius 2 is 1.58 bits per heavy atom. The number of hydrogen-bond donors (Lipinski definition) is 0. The quantitative estimate of drug-likeness (QED) is 0.725. The van der Waals surface area contributed by atoms with Crippen LogP contribution in [0.3, 0.4) is 0 Å². The Bertz CT molecular complexity index is 344. The second-order valence-corrected chi connectivity index (χ2v) is 9.21. The summed E-state index contributed by atoms with van der Waals surface area (Å²) in [7, 11) is -3.18. The molecule has 0 aromatic rings. The van der Waals surface area contributed by atoms with Crippen LogP contribution in [-0.2, 0) is 18.3 Å². The van der Waals surface area contributed by atoms with Gasteiger partial charge >= 0.3 is 7.60 Å². The van der Waals surface area contributed by atoms with Crippen LogP contribution in [-0.4, -0.2) is 24.7 Å². The molecule has 112 valence electrons. The zero-order chi connectivity index (χ0) is 14.1. The average molecular weight is 290 g/mol. The van der Waals surface area contributed by atoms with E-state index in [1.165, 1.54) is 6.42 Å². The maximum atomic E-state index is 13.2. The van der Waals surface area contributed by atoms with Crippen LogP contribution in [0.2, 0.25) is 0 Å². The Balaban J connectivity index is 2.20. The standard InChI is InChI=1S/C14H27O4P/c1-12(2)18-14(8-6-5-7-9-14)19(15)16-10-13(3,4)11-17-19/h12H,5-11H2,1-4H3. The minimum atomic E-state index is -3.18. The van der Waals surface area contributed by atoms with Gasteiger partial charge < -0.3 is 13.8 Å². The Morgan fingerprint density at radius 3 is 2.05 bits per heavy atom. The van der Waals surface area contributed by atoms with Crippen molar-refractivity contribution in [1.82, 2.24) is 0 Å². The summed E-state index contributed by atoms with van der Waals surface area (Å²) in [4.78, 5) is 0. The maximum Gasteiger partial charge on any atom is 0.362 e. The Kier molecular flexibility index (Phi) is 4.47. The molecule has 2 rings (SSSR count). The largest absolute Gasteiger partial charge is 0.362 e. The van der Waals surface area contributed by atoms with E-state index in [1.807, 2.05) is 13.8 Å². The van der Waals surface area contributed by atoms with E-state index in [-0.39, 0.29) is 11.5 Å². The van der Waals surface area contributed by atoms with Gasteiger partial charge in [-0.15, -0.1) is 0 Å². The highest BCUT2D eigenvalue weighted by Crippen LogP contribution is 2.68. The van der Waals surface area contributed by atoms with E-state index in [0.717, 1.165) is 25.7 Å². The fourth-order valence-corrected chi connectivity index (χ4v) is 5.62. The Morgan fingerprint density at radius 1 is 1.05 bits per heavy atom. The van der Waals surface area contributed by atoms with Gasteiger partial charge in [-0.25, -0.2) is 0 Å². The molecule has 0 bridgehead atoms. The fourth-order valence-electron chi connectivity index (χ4n) is 2.83. The molecule has 0 spiro atoms. The van der Waals surface area contributed by atoms with E-state index in [9.17, 15) is 4.57 Å². The van der Waals surface area contributed by atoms with E-state index in [0.29, 0.717) is 13.2 Å². The molecule has 19 heavy (non-hydrogen) atoms. The van der Waals surface area contributed by atoms with Crippen molar-refractivity contribution in [3.8, 4) is 0 Å². The first kappa shape index (κ1) is 15.5. The summed E-state index contributed by atoms with van der Waals surface area (Å²) in [5, 5.41) is -0.712. The van der Waals surface area contributed by atoms with Crippen LogP contribution in [0.5, 0.6) is 0 Å². The number of hydrogen-bond acceptors (Lipinski definition) is 4. The van der Waals surface area contributed by atoms with Crippen LogP contribution in [0.15, 0.2) is 0 Å². The van der Waals surface area contributed by atoms with E-state index in [2.05, 4.69) is 13.8 Å². The van der Waals surface area contributed by atoms with Gasteiger partial charge in [-0.05, 0) is 39.5 Å². The molecule has 0 unspecified atom stereocenters.